The zero-order valence-electron chi connectivity index (χ0n) is 38.7. The van der Waals surface area contributed by atoms with Gasteiger partial charge in [0.05, 0.1) is 11.0 Å². The fourth-order valence-corrected chi connectivity index (χ4v) is 13.7. The standard InChI is InChI=1S/C62H56BN3O/c1-61(2,3)46-27-25-44(26-28-46)45-34-58-60(59(67)35-45)63(47-15-14-20-50(36-47)64(48-16-6-4-7-17-48)49-18-8-5-9-19-49)54-30-29-51(65-55-23-12-10-21-52(55)53-22-11-13-24-56(53)65)37-57(54)66(58)62-38-41-31-42(39-62)33-43(32-41)40-62/h4-30,34-37,41-43,67H,31-33,38-40H2,1-3H3. The summed E-state index contributed by atoms with van der Waals surface area (Å²) in [6.07, 6.45) is 7.63. The van der Waals surface area contributed by atoms with E-state index in [0.29, 0.717) is 5.75 Å². The van der Waals surface area contributed by atoms with Crippen molar-refractivity contribution in [1.82, 2.24) is 4.57 Å². The number of phenolic OH excluding ortho intramolecular Hbond substituents is 1. The summed E-state index contributed by atoms with van der Waals surface area (Å²) in [5.74, 6) is 2.56. The lowest BCUT2D eigenvalue weighted by Gasteiger charge is -2.62. The van der Waals surface area contributed by atoms with Crippen LogP contribution in [0.4, 0.5) is 28.4 Å². The molecule has 14 rings (SSSR count). The number of phenols is 1. The van der Waals surface area contributed by atoms with Crippen molar-refractivity contribution in [3.63, 3.8) is 0 Å². The maximum Gasteiger partial charge on any atom is 0.251 e. The van der Waals surface area contributed by atoms with E-state index in [1.54, 1.807) is 0 Å². The number of nitrogens with zero attached hydrogens (tertiary/aromatic N) is 3. The average molecular weight is 870 g/mol. The van der Waals surface area contributed by atoms with Crippen LogP contribution < -0.4 is 26.2 Å². The Bertz CT molecular complexity index is 3220. The van der Waals surface area contributed by atoms with E-state index in [9.17, 15) is 5.11 Å². The molecule has 0 unspecified atom stereocenters. The van der Waals surface area contributed by atoms with Gasteiger partial charge in [0.15, 0.2) is 0 Å². The van der Waals surface area contributed by atoms with E-state index in [-0.39, 0.29) is 17.7 Å². The summed E-state index contributed by atoms with van der Waals surface area (Å²) in [6, 6.07) is 69.1. The Morgan fingerprint density at radius 3 is 1.70 bits per heavy atom. The summed E-state index contributed by atoms with van der Waals surface area (Å²) < 4.78 is 2.48. The predicted octanol–water partition coefficient (Wildman–Crippen LogP) is 13.9. The van der Waals surface area contributed by atoms with Crippen molar-refractivity contribution < 1.29 is 5.11 Å². The molecule has 67 heavy (non-hydrogen) atoms. The molecule has 0 radical (unpaired) electrons. The van der Waals surface area contributed by atoms with Crippen molar-refractivity contribution in [2.75, 3.05) is 9.80 Å². The zero-order chi connectivity index (χ0) is 45.0. The summed E-state index contributed by atoms with van der Waals surface area (Å²) in [7, 11) is 0. The second-order valence-corrected chi connectivity index (χ2v) is 21.4. The van der Waals surface area contributed by atoms with E-state index >= 15 is 0 Å². The highest BCUT2D eigenvalue weighted by Crippen LogP contribution is 2.60. The Labute approximate surface area is 395 Å². The molecule has 5 heteroatoms. The first-order chi connectivity index (χ1) is 32.7. The molecule has 8 aromatic carbocycles. The third kappa shape index (κ3) is 6.56. The Kier molecular flexibility index (Phi) is 9.20. The van der Waals surface area contributed by atoms with Gasteiger partial charge in [0.2, 0.25) is 0 Å². The molecule has 0 amide bonds. The lowest BCUT2D eigenvalue weighted by atomic mass is 9.34. The summed E-state index contributed by atoms with van der Waals surface area (Å²) >= 11 is 0. The van der Waals surface area contributed by atoms with Crippen LogP contribution in [-0.2, 0) is 5.41 Å². The first kappa shape index (κ1) is 40.3. The topological polar surface area (TPSA) is 31.6 Å². The van der Waals surface area contributed by atoms with Crippen LogP contribution in [0.3, 0.4) is 0 Å². The monoisotopic (exact) mass is 869 g/mol. The fourth-order valence-electron chi connectivity index (χ4n) is 13.7. The maximum absolute atomic E-state index is 13.0. The third-order valence-corrected chi connectivity index (χ3v) is 16.1. The molecule has 9 aromatic rings. The zero-order valence-corrected chi connectivity index (χ0v) is 38.7. The van der Waals surface area contributed by atoms with Crippen molar-refractivity contribution in [2.45, 2.75) is 70.3 Å². The molecule has 4 nitrogen and oxygen atoms in total. The fraction of sp³-hybridized carbons (Fsp3) is 0.226. The molecule has 4 aliphatic carbocycles. The van der Waals surface area contributed by atoms with Gasteiger partial charge in [0, 0.05) is 50.4 Å². The van der Waals surface area contributed by atoms with Gasteiger partial charge in [-0.05, 0) is 162 Å². The number of para-hydroxylation sites is 4. The van der Waals surface area contributed by atoms with Gasteiger partial charge in [-0.3, -0.25) is 0 Å². The molecule has 0 spiro atoms. The molecule has 4 bridgehead atoms. The van der Waals surface area contributed by atoms with Crippen LogP contribution in [0.25, 0.3) is 38.6 Å². The third-order valence-electron chi connectivity index (χ3n) is 16.1. The molecule has 1 N–H and O–H groups in total. The van der Waals surface area contributed by atoms with Crippen LogP contribution in [0.5, 0.6) is 5.75 Å². The lowest BCUT2D eigenvalue weighted by molar-refractivity contribution is 0.000634. The maximum atomic E-state index is 13.0. The van der Waals surface area contributed by atoms with Crippen molar-refractivity contribution in [3.8, 4) is 22.6 Å². The number of aromatic hydroxyl groups is 1. The van der Waals surface area contributed by atoms with Gasteiger partial charge in [0.25, 0.3) is 6.71 Å². The van der Waals surface area contributed by atoms with Gasteiger partial charge in [0.1, 0.15) is 5.75 Å². The number of aromatic nitrogens is 1. The first-order valence-corrected chi connectivity index (χ1v) is 24.6. The molecular weight excluding hydrogens is 814 g/mol. The van der Waals surface area contributed by atoms with Crippen LogP contribution >= 0.6 is 0 Å². The van der Waals surface area contributed by atoms with Gasteiger partial charge >= 0.3 is 0 Å². The summed E-state index contributed by atoms with van der Waals surface area (Å²) in [5.41, 5.74) is 16.2. The molecule has 0 saturated heterocycles. The molecule has 4 saturated carbocycles. The largest absolute Gasteiger partial charge is 0.508 e. The number of hydrogen-bond acceptors (Lipinski definition) is 3. The molecule has 2 heterocycles. The molecule has 4 fully saturated rings. The molecule has 1 aromatic heterocycles. The summed E-state index contributed by atoms with van der Waals surface area (Å²) in [6.45, 7) is 6.59. The van der Waals surface area contributed by atoms with Gasteiger partial charge < -0.3 is 19.5 Å². The highest BCUT2D eigenvalue weighted by Gasteiger charge is 2.56. The number of fused-ring (bicyclic) bond motifs is 5. The molecule has 1 aliphatic heterocycles. The quantitative estimate of drug-likeness (QED) is 0.162. The van der Waals surface area contributed by atoms with Crippen LogP contribution in [0.15, 0.2) is 188 Å². The predicted molar refractivity (Wildman–Crippen MR) is 282 cm³/mol. The number of hydrogen-bond donors (Lipinski definition) is 1. The van der Waals surface area contributed by atoms with Crippen LogP contribution in [-0.4, -0.2) is 21.9 Å². The summed E-state index contributed by atoms with van der Waals surface area (Å²) in [5, 5.41) is 15.5. The second kappa shape index (κ2) is 15.3. The van der Waals surface area contributed by atoms with Gasteiger partial charge in [-0.15, -0.1) is 0 Å². The van der Waals surface area contributed by atoms with Crippen LogP contribution in [0.1, 0.15) is 64.9 Å². The van der Waals surface area contributed by atoms with Gasteiger partial charge in [-0.1, -0.05) is 141 Å². The minimum Gasteiger partial charge on any atom is -0.508 e. The highest BCUT2D eigenvalue weighted by atomic mass is 16.3. The second-order valence-electron chi connectivity index (χ2n) is 21.4. The highest BCUT2D eigenvalue weighted by molar-refractivity contribution is 6.98. The Balaban J connectivity index is 1.08. The molecular formula is C62H56BN3O. The van der Waals surface area contributed by atoms with Crippen molar-refractivity contribution in [2.24, 2.45) is 17.8 Å². The number of anilines is 5. The average Bonchev–Trinajstić information content (AvgIpc) is 3.67. The normalized spacial score (nSPS) is 20.6. The van der Waals surface area contributed by atoms with Crippen molar-refractivity contribution in [1.29, 1.82) is 0 Å². The lowest BCUT2D eigenvalue weighted by Crippen LogP contribution is -2.65. The SMILES string of the molecule is CC(C)(C)c1ccc(-c2cc(O)c3c(c2)N(C24CC5CC(CC(C5)C2)C4)c2cc(-n4c5ccccc5c5ccccc54)ccc2B3c2cccc(N(c3ccccc3)c3ccccc3)c2)cc1. The minimum absolute atomic E-state index is 0.0436. The van der Waals surface area contributed by atoms with E-state index < -0.39 is 0 Å². The number of rotatable bonds is 7. The van der Waals surface area contributed by atoms with Crippen molar-refractivity contribution >= 4 is 73.3 Å². The molecule has 328 valence electrons. The van der Waals surface area contributed by atoms with E-state index in [1.165, 1.54) is 82.7 Å². The van der Waals surface area contributed by atoms with Gasteiger partial charge in [-0.25, -0.2) is 0 Å². The van der Waals surface area contributed by atoms with Crippen LogP contribution in [0, 0.1) is 17.8 Å². The summed E-state index contributed by atoms with van der Waals surface area (Å²) in [4.78, 5) is 5.16. The smallest absolute Gasteiger partial charge is 0.251 e. The van der Waals surface area contributed by atoms with E-state index in [1.807, 2.05) is 0 Å². The first-order valence-electron chi connectivity index (χ1n) is 24.6. The molecule has 5 aliphatic rings. The number of benzene rings is 8. The van der Waals surface area contributed by atoms with E-state index in [0.717, 1.165) is 62.6 Å². The minimum atomic E-state index is -0.229. The van der Waals surface area contributed by atoms with E-state index in [4.69, 9.17) is 0 Å². The molecule has 0 atom stereocenters. The van der Waals surface area contributed by atoms with Crippen LogP contribution in [0.2, 0.25) is 0 Å². The Morgan fingerprint density at radius 1 is 0.537 bits per heavy atom. The Morgan fingerprint density at radius 2 is 1.10 bits per heavy atom. The Hall–Kier alpha value is -6.98. The van der Waals surface area contributed by atoms with Gasteiger partial charge in [-0.2, -0.15) is 0 Å². The van der Waals surface area contributed by atoms with Crippen molar-refractivity contribution in [3.05, 3.63) is 194 Å². The van der Waals surface area contributed by atoms with E-state index in [2.05, 4.69) is 223 Å².